The molecule has 5 heteroatoms. The summed E-state index contributed by atoms with van der Waals surface area (Å²) in [5.41, 5.74) is 0.858. The van der Waals surface area contributed by atoms with Gasteiger partial charge in [0.05, 0.1) is 16.6 Å². The van der Waals surface area contributed by atoms with Gasteiger partial charge in [-0.05, 0) is 31.2 Å². The Hall–Kier alpha value is -1.39. The van der Waals surface area contributed by atoms with Crippen molar-refractivity contribution in [2.24, 2.45) is 0 Å². The third-order valence-corrected chi connectivity index (χ3v) is 4.24. The van der Waals surface area contributed by atoms with Gasteiger partial charge in [0, 0.05) is 17.1 Å². The second kappa shape index (κ2) is 6.58. The molecule has 0 heterocycles. The van der Waals surface area contributed by atoms with Gasteiger partial charge in [-0.1, -0.05) is 45.7 Å². The van der Waals surface area contributed by atoms with Crippen LogP contribution in [0.2, 0.25) is 5.02 Å². The zero-order valence-corrected chi connectivity index (χ0v) is 14.0. The normalized spacial score (nSPS) is 12.0. The second-order valence-corrected chi connectivity index (χ2v) is 6.06. The largest absolute Gasteiger partial charge is 0.335 e. The smallest absolute Gasteiger partial charge is 0.255 e. The van der Waals surface area contributed by atoms with Crippen molar-refractivity contribution in [2.75, 3.05) is 7.05 Å². The van der Waals surface area contributed by atoms with Crippen molar-refractivity contribution in [1.82, 2.24) is 4.90 Å². The Balaban J connectivity index is 2.31. The van der Waals surface area contributed by atoms with Crippen molar-refractivity contribution >= 4 is 33.4 Å². The van der Waals surface area contributed by atoms with Gasteiger partial charge < -0.3 is 4.90 Å². The molecule has 0 radical (unpaired) electrons. The topological polar surface area (TPSA) is 20.3 Å². The van der Waals surface area contributed by atoms with Crippen LogP contribution in [0.3, 0.4) is 0 Å². The van der Waals surface area contributed by atoms with Crippen molar-refractivity contribution in [3.63, 3.8) is 0 Å². The number of benzene rings is 2. The Kier molecular flexibility index (Phi) is 5.01. The average molecular weight is 371 g/mol. The minimum atomic E-state index is -0.395. The van der Waals surface area contributed by atoms with Gasteiger partial charge in [0.15, 0.2) is 0 Å². The Bertz CT molecular complexity index is 677. The van der Waals surface area contributed by atoms with Crippen LogP contribution in [0.25, 0.3) is 0 Å². The van der Waals surface area contributed by atoms with Gasteiger partial charge in [-0.3, -0.25) is 4.79 Å². The maximum Gasteiger partial charge on any atom is 0.255 e. The standard InChI is InChI=1S/C16H14BrClFNO/c1-10(12-5-3-4-6-15(12)19)20(2)16(21)13-9-11(17)7-8-14(13)18/h3-10H,1-2H3. The monoisotopic (exact) mass is 369 g/mol. The van der Waals surface area contributed by atoms with E-state index in [1.54, 1.807) is 50.4 Å². The molecule has 0 N–H and O–H groups in total. The molecule has 0 aliphatic rings. The van der Waals surface area contributed by atoms with E-state index in [1.165, 1.54) is 11.0 Å². The summed E-state index contributed by atoms with van der Waals surface area (Å²) in [6.45, 7) is 1.78. The molecule has 2 aromatic rings. The van der Waals surface area contributed by atoms with Gasteiger partial charge in [-0.25, -0.2) is 4.39 Å². The van der Waals surface area contributed by atoms with E-state index < -0.39 is 6.04 Å². The van der Waals surface area contributed by atoms with Gasteiger partial charge in [0.1, 0.15) is 5.82 Å². The first kappa shape index (κ1) is 16.0. The molecule has 110 valence electrons. The lowest BCUT2D eigenvalue weighted by atomic mass is 10.1. The number of carbonyl (C=O) groups is 1. The summed E-state index contributed by atoms with van der Waals surface area (Å²) in [7, 11) is 1.64. The number of hydrogen-bond acceptors (Lipinski definition) is 1. The van der Waals surface area contributed by atoms with E-state index in [9.17, 15) is 9.18 Å². The molecular formula is C16H14BrClFNO. The molecule has 0 spiro atoms. The molecule has 0 saturated heterocycles. The predicted molar refractivity (Wildman–Crippen MR) is 86.1 cm³/mol. The molecular weight excluding hydrogens is 357 g/mol. The van der Waals surface area contributed by atoms with E-state index in [-0.39, 0.29) is 11.7 Å². The highest BCUT2D eigenvalue weighted by molar-refractivity contribution is 9.10. The zero-order valence-electron chi connectivity index (χ0n) is 11.6. The summed E-state index contributed by atoms with van der Waals surface area (Å²) in [4.78, 5) is 14.0. The van der Waals surface area contributed by atoms with E-state index in [1.807, 2.05) is 0 Å². The van der Waals surface area contributed by atoms with Crippen molar-refractivity contribution in [3.8, 4) is 0 Å². The molecule has 1 unspecified atom stereocenters. The minimum Gasteiger partial charge on any atom is -0.335 e. The average Bonchev–Trinajstić information content (AvgIpc) is 2.48. The third-order valence-electron chi connectivity index (χ3n) is 3.42. The quantitative estimate of drug-likeness (QED) is 0.738. The summed E-state index contributed by atoms with van der Waals surface area (Å²) >= 11 is 9.39. The van der Waals surface area contributed by atoms with E-state index in [4.69, 9.17) is 11.6 Å². The third kappa shape index (κ3) is 3.44. The molecule has 0 aliphatic carbocycles. The van der Waals surface area contributed by atoms with Crippen LogP contribution in [0.1, 0.15) is 28.9 Å². The van der Waals surface area contributed by atoms with Gasteiger partial charge in [0.2, 0.25) is 0 Å². The Morgan fingerprint density at radius 3 is 2.62 bits per heavy atom. The van der Waals surface area contributed by atoms with Crippen molar-refractivity contribution in [2.45, 2.75) is 13.0 Å². The van der Waals surface area contributed by atoms with E-state index in [2.05, 4.69) is 15.9 Å². The minimum absolute atomic E-state index is 0.253. The number of halogens is 3. The fraction of sp³-hybridized carbons (Fsp3) is 0.188. The molecule has 0 aromatic heterocycles. The highest BCUT2D eigenvalue weighted by atomic mass is 79.9. The second-order valence-electron chi connectivity index (χ2n) is 4.74. The van der Waals surface area contributed by atoms with E-state index in [0.29, 0.717) is 16.1 Å². The number of rotatable bonds is 3. The van der Waals surface area contributed by atoms with Gasteiger partial charge in [-0.15, -0.1) is 0 Å². The SMILES string of the molecule is CC(c1ccccc1F)N(C)C(=O)c1cc(Br)ccc1Cl. The lowest BCUT2D eigenvalue weighted by Gasteiger charge is -2.26. The molecule has 0 aliphatic heterocycles. The van der Waals surface area contributed by atoms with Crippen LogP contribution in [0.5, 0.6) is 0 Å². The van der Waals surface area contributed by atoms with E-state index >= 15 is 0 Å². The van der Waals surface area contributed by atoms with Crippen LogP contribution >= 0.6 is 27.5 Å². The van der Waals surface area contributed by atoms with E-state index in [0.717, 1.165) is 4.47 Å². The highest BCUT2D eigenvalue weighted by Crippen LogP contribution is 2.27. The first-order valence-corrected chi connectivity index (χ1v) is 7.55. The van der Waals surface area contributed by atoms with Crippen LogP contribution in [0.15, 0.2) is 46.9 Å². The summed E-state index contributed by atoms with van der Waals surface area (Å²) in [6.07, 6.45) is 0. The summed E-state index contributed by atoms with van der Waals surface area (Å²) in [6, 6.07) is 11.1. The van der Waals surface area contributed by atoms with Crippen molar-refractivity contribution in [3.05, 3.63) is 68.9 Å². The summed E-state index contributed by atoms with van der Waals surface area (Å²) < 4.78 is 14.6. The summed E-state index contributed by atoms with van der Waals surface area (Å²) in [5, 5.41) is 0.371. The molecule has 2 rings (SSSR count). The highest BCUT2D eigenvalue weighted by Gasteiger charge is 2.22. The molecule has 0 bridgehead atoms. The Morgan fingerprint density at radius 1 is 1.29 bits per heavy atom. The molecule has 1 amide bonds. The first-order valence-electron chi connectivity index (χ1n) is 6.38. The first-order chi connectivity index (χ1) is 9.91. The predicted octanol–water partition coefficient (Wildman–Crippen LogP) is 5.07. The van der Waals surface area contributed by atoms with Gasteiger partial charge in [0.25, 0.3) is 5.91 Å². The van der Waals surface area contributed by atoms with Crippen LogP contribution in [-0.4, -0.2) is 17.9 Å². The number of carbonyl (C=O) groups excluding carboxylic acids is 1. The van der Waals surface area contributed by atoms with Crippen molar-refractivity contribution in [1.29, 1.82) is 0 Å². The number of nitrogens with zero attached hydrogens (tertiary/aromatic N) is 1. The lowest BCUT2D eigenvalue weighted by molar-refractivity contribution is 0.0740. The van der Waals surface area contributed by atoms with Gasteiger partial charge >= 0.3 is 0 Å². The zero-order chi connectivity index (χ0) is 15.6. The Labute approximate surface area is 136 Å². The molecule has 0 fully saturated rings. The van der Waals surface area contributed by atoms with Crippen LogP contribution < -0.4 is 0 Å². The fourth-order valence-corrected chi connectivity index (χ4v) is 2.61. The summed E-state index contributed by atoms with van der Waals surface area (Å²) in [5.74, 6) is -0.581. The molecule has 1 atom stereocenters. The van der Waals surface area contributed by atoms with Crippen LogP contribution in [-0.2, 0) is 0 Å². The lowest BCUT2D eigenvalue weighted by Crippen LogP contribution is -2.30. The molecule has 2 aromatic carbocycles. The van der Waals surface area contributed by atoms with Crippen LogP contribution in [0.4, 0.5) is 4.39 Å². The molecule has 21 heavy (non-hydrogen) atoms. The fourth-order valence-electron chi connectivity index (χ4n) is 2.05. The maximum atomic E-state index is 13.8. The number of amides is 1. The van der Waals surface area contributed by atoms with Crippen LogP contribution in [0, 0.1) is 5.82 Å². The molecule has 2 nitrogen and oxygen atoms in total. The van der Waals surface area contributed by atoms with Crippen molar-refractivity contribution < 1.29 is 9.18 Å². The molecule has 0 saturated carbocycles. The van der Waals surface area contributed by atoms with Gasteiger partial charge in [-0.2, -0.15) is 0 Å². The maximum absolute atomic E-state index is 13.8. The number of hydrogen-bond donors (Lipinski definition) is 0. The Morgan fingerprint density at radius 2 is 1.95 bits per heavy atom.